The van der Waals surface area contributed by atoms with Crippen LogP contribution in [0.4, 0.5) is 0 Å². The molecule has 0 saturated carbocycles. The van der Waals surface area contributed by atoms with Gasteiger partial charge >= 0.3 is 0 Å². The third-order valence-electron chi connectivity index (χ3n) is 4.72. The Morgan fingerprint density at radius 3 is 2.47 bits per heavy atom. The van der Waals surface area contributed by atoms with E-state index in [0.29, 0.717) is 22.8 Å². The summed E-state index contributed by atoms with van der Waals surface area (Å²) in [6, 6.07) is 9.69. The lowest BCUT2D eigenvalue weighted by molar-refractivity contribution is -0.140. The van der Waals surface area contributed by atoms with Crippen LogP contribution >= 0.6 is 11.6 Å². The SMILES string of the molecule is CCOc1cc(C2C(=C(O)c3ccc(Cl)cc3)C(=O)C(=O)N2CC(C)O)ccc1O. The molecule has 2 aromatic rings. The van der Waals surface area contributed by atoms with Crippen LogP contribution in [0.2, 0.25) is 5.02 Å². The summed E-state index contributed by atoms with van der Waals surface area (Å²) in [5.74, 6) is -1.95. The summed E-state index contributed by atoms with van der Waals surface area (Å²) in [5, 5.41) is 31.3. The molecule has 0 aliphatic carbocycles. The number of nitrogens with zero attached hydrogens (tertiary/aromatic N) is 1. The van der Waals surface area contributed by atoms with Crippen molar-refractivity contribution >= 4 is 29.1 Å². The molecule has 0 aromatic heterocycles. The molecule has 1 saturated heterocycles. The normalized spacial score (nSPS) is 19.2. The fraction of sp³-hybridized carbons (Fsp3) is 0.273. The number of halogens is 1. The molecule has 0 radical (unpaired) electrons. The molecule has 8 heteroatoms. The predicted molar refractivity (Wildman–Crippen MR) is 111 cm³/mol. The number of ketones is 1. The largest absolute Gasteiger partial charge is 0.507 e. The molecule has 1 fully saturated rings. The van der Waals surface area contributed by atoms with Crippen molar-refractivity contribution in [3.63, 3.8) is 0 Å². The van der Waals surface area contributed by atoms with Crippen molar-refractivity contribution in [2.75, 3.05) is 13.2 Å². The number of amides is 1. The number of aliphatic hydroxyl groups is 2. The molecule has 0 bridgehead atoms. The maximum Gasteiger partial charge on any atom is 0.295 e. The summed E-state index contributed by atoms with van der Waals surface area (Å²) in [6.07, 6.45) is -0.898. The summed E-state index contributed by atoms with van der Waals surface area (Å²) in [6.45, 7) is 3.44. The summed E-state index contributed by atoms with van der Waals surface area (Å²) >= 11 is 5.90. The van der Waals surface area contributed by atoms with Gasteiger partial charge < -0.3 is 25.0 Å². The van der Waals surface area contributed by atoms with Gasteiger partial charge in [-0.2, -0.15) is 0 Å². The number of ether oxygens (including phenoxy) is 1. The molecule has 2 aromatic carbocycles. The Kier molecular flexibility index (Phi) is 6.34. The van der Waals surface area contributed by atoms with Gasteiger partial charge in [0.1, 0.15) is 5.76 Å². The molecule has 3 N–H and O–H groups in total. The summed E-state index contributed by atoms with van der Waals surface area (Å²) < 4.78 is 5.42. The number of Topliss-reactive ketones (excluding diaryl/α,β-unsaturated/α-hetero) is 1. The highest BCUT2D eigenvalue weighted by molar-refractivity contribution is 6.46. The number of phenols is 1. The van der Waals surface area contributed by atoms with E-state index in [2.05, 4.69) is 0 Å². The second-order valence-electron chi connectivity index (χ2n) is 6.97. The minimum absolute atomic E-state index is 0.0919. The van der Waals surface area contributed by atoms with E-state index in [-0.39, 0.29) is 29.4 Å². The van der Waals surface area contributed by atoms with Crippen molar-refractivity contribution in [3.05, 3.63) is 64.2 Å². The number of hydrogen-bond acceptors (Lipinski definition) is 6. The number of hydrogen-bond donors (Lipinski definition) is 3. The van der Waals surface area contributed by atoms with Gasteiger partial charge in [-0.3, -0.25) is 9.59 Å². The first-order valence-electron chi connectivity index (χ1n) is 9.42. The van der Waals surface area contributed by atoms with Crippen molar-refractivity contribution < 1.29 is 29.6 Å². The van der Waals surface area contributed by atoms with Crippen LogP contribution in [0, 0.1) is 0 Å². The lowest BCUT2D eigenvalue weighted by atomic mass is 9.95. The molecule has 2 atom stereocenters. The maximum absolute atomic E-state index is 12.8. The highest BCUT2D eigenvalue weighted by Gasteiger charge is 2.46. The van der Waals surface area contributed by atoms with E-state index in [1.54, 1.807) is 37.3 Å². The molecule has 1 heterocycles. The standard InChI is InChI=1S/C22H22ClNO6/c1-3-30-17-10-14(6-9-16(17)26)19-18(20(27)13-4-7-15(23)8-5-13)21(28)22(29)24(19)11-12(2)25/h4-10,12,19,25-27H,3,11H2,1-2H3. The minimum Gasteiger partial charge on any atom is -0.507 e. The Morgan fingerprint density at radius 1 is 1.20 bits per heavy atom. The van der Waals surface area contributed by atoms with Crippen LogP contribution in [0.1, 0.15) is 31.0 Å². The van der Waals surface area contributed by atoms with E-state index >= 15 is 0 Å². The maximum atomic E-state index is 12.8. The van der Waals surface area contributed by atoms with Crippen LogP contribution in [0.15, 0.2) is 48.0 Å². The summed E-state index contributed by atoms with van der Waals surface area (Å²) in [5.41, 5.74) is 0.658. The molecule has 2 unspecified atom stereocenters. The molecule has 7 nitrogen and oxygen atoms in total. The Hall–Kier alpha value is -3.03. The Bertz CT molecular complexity index is 999. The zero-order chi connectivity index (χ0) is 22.0. The molecule has 30 heavy (non-hydrogen) atoms. The molecule has 158 valence electrons. The van der Waals surface area contributed by atoms with Crippen LogP contribution in [-0.4, -0.2) is 51.2 Å². The van der Waals surface area contributed by atoms with Gasteiger partial charge in [-0.1, -0.05) is 17.7 Å². The van der Waals surface area contributed by atoms with Crippen molar-refractivity contribution in [2.24, 2.45) is 0 Å². The molecule has 0 spiro atoms. The average Bonchev–Trinajstić information content (AvgIpc) is 2.94. The van der Waals surface area contributed by atoms with Crippen LogP contribution in [-0.2, 0) is 9.59 Å². The van der Waals surface area contributed by atoms with Crippen molar-refractivity contribution in [1.82, 2.24) is 4.90 Å². The Labute approximate surface area is 178 Å². The quantitative estimate of drug-likeness (QED) is 0.368. The number of aromatic hydroxyl groups is 1. The van der Waals surface area contributed by atoms with Gasteiger partial charge in [0.25, 0.3) is 11.7 Å². The number of carbonyl (C=O) groups excluding carboxylic acids is 2. The van der Waals surface area contributed by atoms with E-state index in [0.717, 1.165) is 0 Å². The van der Waals surface area contributed by atoms with Crippen molar-refractivity contribution in [2.45, 2.75) is 26.0 Å². The topological polar surface area (TPSA) is 107 Å². The fourth-order valence-corrected chi connectivity index (χ4v) is 3.56. The van der Waals surface area contributed by atoms with E-state index in [1.807, 2.05) is 0 Å². The molecule has 1 aliphatic heterocycles. The van der Waals surface area contributed by atoms with Crippen LogP contribution < -0.4 is 4.74 Å². The fourth-order valence-electron chi connectivity index (χ4n) is 3.43. The number of phenolic OH excluding ortho intramolecular Hbond substituents is 1. The van der Waals surface area contributed by atoms with E-state index in [9.17, 15) is 24.9 Å². The van der Waals surface area contributed by atoms with Crippen molar-refractivity contribution in [3.8, 4) is 11.5 Å². The first-order valence-corrected chi connectivity index (χ1v) is 9.80. The first-order chi connectivity index (χ1) is 14.2. The number of β-amino-alcohol motifs (C(OH)–C–C–N with tert-alkyl or cyclic N) is 1. The van der Waals surface area contributed by atoms with Gasteiger partial charge in [-0.25, -0.2) is 0 Å². The van der Waals surface area contributed by atoms with Gasteiger partial charge in [0.2, 0.25) is 0 Å². The third-order valence-corrected chi connectivity index (χ3v) is 4.97. The third kappa shape index (κ3) is 4.13. The molecular weight excluding hydrogens is 410 g/mol. The number of likely N-dealkylation sites (tertiary alicyclic amines) is 1. The monoisotopic (exact) mass is 431 g/mol. The molecule has 3 rings (SSSR count). The highest BCUT2D eigenvalue weighted by atomic mass is 35.5. The van der Waals surface area contributed by atoms with E-state index in [4.69, 9.17) is 16.3 Å². The van der Waals surface area contributed by atoms with E-state index < -0.39 is 23.8 Å². The van der Waals surface area contributed by atoms with E-state index in [1.165, 1.54) is 24.0 Å². The summed E-state index contributed by atoms with van der Waals surface area (Å²) in [4.78, 5) is 26.8. The van der Waals surface area contributed by atoms with Gasteiger partial charge in [0.05, 0.1) is 24.3 Å². The van der Waals surface area contributed by atoms with Crippen LogP contribution in [0.5, 0.6) is 11.5 Å². The molecule has 1 aliphatic rings. The van der Waals surface area contributed by atoms with Crippen molar-refractivity contribution in [1.29, 1.82) is 0 Å². The first kappa shape index (κ1) is 21.7. The van der Waals surface area contributed by atoms with Gasteiger partial charge in [0.15, 0.2) is 11.5 Å². The number of carbonyl (C=O) groups is 2. The van der Waals surface area contributed by atoms with Gasteiger partial charge in [0, 0.05) is 17.1 Å². The highest BCUT2D eigenvalue weighted by Crippen LogP contribution is 2.41. The second kappa shape index (κ2) is 8.77. The predicted octanol–water partition coefficient (Wildman–Crippen LogP) is 3.25. The molecular formula is C22H22ClNO6. The smallest absolute Gasteiger partial charge is 0.295 e. The van der Waals surface area contributed by atoms with Crippen LogP contribution in [0.25, 0.3) is 5.76 Å². The number of benzene rings is 2. The van der Waals surface area contributed by atoms with Gasteiger partial charge in [-0.15, -0.1) is 0 Å². The average molecular weight is 432 g/mol. The Balaban J connectivity index is 2.20. The lowest BCUT2D eigenvalue weighted by Gasteiger charge is -2.26. The Morgan fingerprint density at radius 2 is 1.87 bits per heavy atom. The summed E-state index contributed by atoms with van der Waals surface area (Å²) in [7, 11) is 0. The lowest BCUT2D eigenvalue weighted by Crippen LogP contribution is -2.35. The zero-order valence-electron chi connectivity index (χ0n) is 16.5. The second-order valence-corrected chi connectivity index (χ2v) is 7.40. The number of aliphatic hydroxyl groups excluding tert-OH is 2. The van der Waals surface area contributed by atoms with Crippen LogP contribution in [0.3, 0.4) is 0 Å². The zero-order valence-corrected chi connectivity index (χ0v) is 17.3. The number of rotatable bonds is 6. The minimum atomic E-state index is -0.963. The van der Waals surface area contributed by atoms with Gasteiger partial charge in [-0.05, 0) is 55.8 Å². The molecule has 1 amide bonds.